The lowest BCUT2D eigenvalue weighted by atomic mass is 9.95. The molecule has 92 valence electrons. The zero-order valence-electron chi connectivity index (χ0n) is 9.92. The summed E-state index contributed by atoms with van der Waals surface area (Å²) < 4.78 is 0. The predicted octanol–water partition coefficient (Wildman–Crippen LogP) is 2.35. The zero-order valence-corrected chi connectivity index (χ0v) is 10.7. The summed E-state index contributed by atoms with van der Waals surface area (Å²) in [5.74, 6) is 0.767. The van der Waals surface area contributed by atoms with Gasteiger partial charge < -0.3 is 11.1 Å². The predicted molar refractivity (Wildman–Crippen MR) is 70.4 cm³/mol. The van der Waals surface area contributed by atoms with Crippen molar-refractivity contribution in [3.8, 4) is 0 Å². The average molecular weight is 250 g/mol. The third-order valence-corrected chi connectivity index (χ3v) is 4.79. The van der Waals surface area contributed by atoms with E-state index in [1.807, 2.05) is 0 Å². The molecule has 3 N–H and O–H groups in total. The van der Waals surface area contributed by atoms with Crippen LogP contribution in [0.3, 0.4) is 0 Å². The Labute approximate surface area is 105 Å². The molecule has 0 aromatic carbocycles. The Bertz CT molecular complexity index is 449. The van der Waals surface area contributed by atoms with Gasteiger partial charge in [-0.2, -0.15) is 0 Å². The molecule has 17 heavy (non-hydrogen) atoms. The molecule has 1 aromatic heterocycles. The average Bonchev–Trinajstić information content (AvgIpc) is 3.07. The largest absolute Gasteiger partial charge is 0.390 e. The van der Waals surface area contributed by atoms with Crippen molar-refractivity contribution in [2.45, 2.75) is 38.5 Å². The Morgan fingerprint density at radius 3 is 2.88 bits per heavy atom. The highest BCUT2D eigenvalue weighted by Gasteiger charge is 2.26. The fourth-order valence-corrected chi connectivity index (χ4v) is 3.64. The molecule has 2 aliphatic carbocycles. The molecule has 1 amide bonds. The molecule has 3 rings (SSSR count). The van der Waals surface area contributed by atoms with E-state index in [4.69, 9.17) is 5.73 Å². The van der Waals surface area contributed by atoms with Crippen LogP contribution in [-0.2, 0) is 12.8 Å². The van der Waals surface area contributed by atoms with Crippen LogP contribution < -0.4 is 11.1 Å². The fourth-order valence-electron chi connectivity index (χ4n) is 2.48. The first kappa shape index (κ1) is 11.1. The Balaban J connectivity index is 1.80. The maximum atomic E-state index is 12.1. The van der Waals surface area contributed by atoms with Crippen LogP contribution in [0.15, 0.2) is 0 Å². The monoisotopic (exact) mass is 250 g/mol. The van der Waals surface area contributed by atoms with Crippen LogP contribution in [0.4, 0.5) is 5.00 Å². The number of fused-ring (bicyclic) bond motifs is 1. The molecule has 0 atom stereocenters. The summed E-state index contributed by atoms with van der Waals surface area (Å²) >= 11 is 1.61. The Morgan fingerprint density at radius 2 is 2.12 bits per heavy atom. The van der Waals surface area contributed by atoms with Gasteiger partial charge in [0.1, 0.15) is 0 Å². The van der Waals surface area contributed by atoms with Crippen molar-refractivity contribution in [3.63, 3.8) is 0 Å². The molecule has 1 heterocycles. The van der Waals surface area contributed by atoms with Crippen LogP contribution in [0.2, 0.25) is 0 Å². The van der Waals surface area contributed by atoms with Crippen LogP contribution in [0, 0.1) is 5.92 Å². The van der Waals surface area contributed by atoms with Gasteiger partial charge in [-0.05, 0) is 50.0 Å². The summed E-state index contributed by atoms with van der Waals surface area (Å²) in [6.07, 6.45) is 7.06. The van der Waals surface area contributed by atoms with E-state index in [2.05, 4.69) is 5.32 Å². The van der Waals surface area contributed by atoms with Crippen molar-refractivity contribution in [2.75, 3.05) is 12.3 Å². The SMILES string of the molecule is Nc1sc2c(c1C(=O)NCC1CC1)CCCC2. The van der Waals surface area contributed by atoms with E-state index in [-0.39, 0.29) is 5.91 Å². The highest BCUT2D eigenvalue weighted by molar-refractivity contribution is 7.16. The quantitative estimate of drug-likeness (QED) is 0.865. The van der Waals surface area contributed by atoms with Crippen molar-refractivity contribution in [2.24, 2.45) is 5.92 Å². The minimum Gasteiger partial charge on any atom is -0.390 e. The number of amides is 1. The van der Waals surface area contributed by atoms with Crippen LogP contribution in [0.25, 0.3) is 0 Å². The van der Waals surface area contributed by atoms with Crippen molar-refractivity contribution >= 4 is 22.2 Å². The number of hydrogen-bond donors (Lipinski definition) is 2. The molecule has 1 saturated carbocycles. The van der Waals surface area contributed by atoms with Crippen LogP contribution in [-0.4, -0.2) is 12.5 Å². The third-order valence-electron chi connectivity index (χ3n) is 3.67. The first-order chi connectivity index (χ1) is 8.25. The van der Waals surface area contributed by atoms with Crippen molar-refractivity contribution < 1.29 is 4.79 Å². The van der Waals surface area contributed by atoms with E-state index in [0.717, 1.165) is 30.9 Å². The van der Waals surface area contributed by atoms with E-state index in [1.54, 1.807) is 11.3 Å². The number of carbonyl (C=O) groups excluding carboxylic acids is 1. The Hall–Kier alpha value is -1.03. The molecule has 0 spiro atoms. The third kappa shape index (κ3) is 2.18. The first-order valence-corrected chi connectivity index (χ1v) is 7.25. The number of nitrogens with one attached hydrogen (secondary N) is 1. The second kappa shape index (κ2) is 4.33. The number of hydrogen-bond acceptors (Lipinski definition) is 3. The molecule has 1 fully saturated rings. The van der Waals surface area contributed by atoms with Gasteiger partial charge in [0, 0.05) is 11.4 Å². The van der Waals surface area contributed by atoms with Gasteiger partial charge in [0.05, 0.1) is 10.6 Å². The number of thiophene rings is 1. The second-order valence-corrected chi connectivity index (χ2v) is 6.24. The zero-order chi connectivity index (χ0) is 11.8. The van der Waals surface area contributed by atoms with Gasteiger partial charge in [0.25, 0.3) is 5.91 Å². The first-order valence-electron chi connectivity index (χ1n) is 6.44. The summed E-state index contributed by atoms with van der Waals surface area (Å²) in [7, 11) is 0. The summed E-state index contributed by atoms with van der Waals surface area (Å²) in [5, 5.41) is 3.74. The number of aryl methyl sites for hydroxylation is 1. The van der Waals surface area contributed by atoms with E-state index in [0.29, 0.717) is 5.00 Å². The minimum atomic E-state index is 0.0498. The summed E-state index contributed by atoms with van der Waals surface area (Å²) in [6.45, 7) is 0.822. The summed E-state index contributed by atoms with van der Waals surface area (Å²) in [6, 6.07) is 0. The lowest BCUT2D eigenvalue weighted by molar-refractivity contribution is 0.0952. The van der Waals surface area contributed by atoms with Crippen LogP contribution >= 0.6 is 11.3 Å². The highest BCUT2D eigenvalue weighted by Crippen LogP contribution is 2.36. The number of carbonyl (C=O) groups is 1. The second-order valence-electron chi connectivity index (χ2n) is 5.10. The maximum absolute atomic E-state index is 12.1. The molecule has 1 aromatic rings. The summed E-state index contributed by atoms with van der Waals surface area (Å²) in [4.78, 5) is 13.5. The van der Waals surface area contributed by atoms with E-state index in [1.165, 1.54) is 36.1 Å². The molecular weight excluding hydrogens is 232 g/mol. The number of nitrogens with two attached hydrogens (primary N) is 1. The van der Waals surface area contributed by atoms with Crippen molar-refractivity contribution in [1.29, 1.82) is 0 Å². The number of anilines is 1. The smallest absolute Gasteiger partial charge is 0.254 e. The van der Waals surface area contributed by atoms with Gasteiger partial charge in [0.2, 0.25) is 0 Å². The van der Waals surface area contributed by atoms with Gasteiger partial charge in [-0.3, -0.25) is 4.79 Å². The minimum absolute atomic E-state index is 0.0498. The topological polar surface area (TPSA) is 55.1 Å². The van der Waals surface area contributed by atoms with Gasteiger partial charge in [0.15, 0.2) is 0 Å². The highest BCUT2D eigenvalue weighted by atomic mass is 32.1. The normalized spacial score (nSPS) is 18.8. The Morgan fingerprint density at radius 1 is 1.35 bits per heavy atom. The van der Waals surface area contributed by atoms with E-state index in [9.17, 15) is 4.79 Å². The van der Waals surface area contributed by atoms with Crippen LogP contribution in [0.1, 0.15) is 46.5 Å². The molecule has 0 aliphatic heterocycles. The van der Waals surface area contributed by atoms with Gasteiger partial charge >= 0.3 is 0 Å². The molecule has 3 nitrogen and oxygen atoms in total. The van der Waals surface area contributed by atoms with Gasteiger partial charge in [-0.25, -0.2) is 0 Å². The number of rotatable bonds is 3. The fraction of sp³-hybridized carbons (Fsp3) is 0.615. The Kier molecular flexibility index (Phi) is 2.82. The molecule has 4 heteroatoms. The van der Waals surface area contributed by atoms with Crippen LogP contribution in [0.5, 0.6) is 0 Å². The van der Waals surface area contributed by atoms with Gasteiger partial charge in [-0.1, -0.05) is 0 Å². The summed E-state index contributed by atoms with van der Waals surface area (Å²) in [5.41, 5.74) is 8.01. The number of nitrogen functional groups attached to an aromatic ring is 1. The molecule has 0 saturated heterocycles. The van der Waals surface area contributed by atoms with Gasteiger partial charge in [-0.15, -0.1) is 11.3 Å². The van der Waals surface area contributed by atoms with Crippen molar-refractivity contribution in [3.05, 3.63) is 16.0 Å². The van der Waals surface area contributed by atoms with E-state index >= 15 is 0 Å². The lowest BCUT2D eigenvalue weighted by Gasteiger charge is -2.12. The van der Waals surface area contributed by atoms with Crippen molar-refractivity contribution in [1.82, 2.24) is 5.32 Å². The lowest BCUT2D eigenvalue weighted by Crippen LogP contribution is -2.27. The molecule has 0 bridgehead atoms. The van der Waals surface area contributed by atoms with E-state index < -0.39 is 0 Å². The molecule has 0 unspecified atom stereocenters. The molecular formula is C13H18N2OS. The standard InChI is InChI=1S/C13H18N2OS/c14-12-11(13(16)15-7-8-5-6-8)9-3-1-2-4-10(9)17-12/h8H,1-7,14H2,(H,15,16). The molecule has 0 radical (unpaired) electrons. The molecule has 2 aliphatic rings. The maximum Gasteiger partial charge on any atom is 0.254 e.